The lowest BCUT2D eigenvalue weighted by Crippen LogP contribution is -2.45. The summed E-state index contributed by atoms with van der Waals surface area (Å²) in [5, 5.41) is 22.6. The number of aliphatic hydroxyl groups is 1. The van der Waals surface area contributed by atoms with Crippen molar-refractivity contribution in [1.29, 1.82) is 0 Å². The Morgan fingerprint density at radius 1 is 0.870 bits per heavy atom. The Labute approximate surface area is 318 Å². The number of rotatable bonds is 14. The Bertz CT molecular complexity index is 2170. The van der Waals surface area contributed by atoms with Gasteiger partial charge in [-0.2, -0.15) is 4.72 Å². The van der Waals surface area contributed by atoms with Crippen LogP contribution in [0.2, 0.25) is 0 Å². The molecule has 1 aliphatic rings. The number of nitrogens with one attached hydrogen (secondary N) is 2. The largest absolute Gasteiger partial charge is 0.478 e. The van der Waals surface area contributed by atoms with Gasteiger partial charge in [-0.25, -0.2) is 18.2 Å². The van der Waals surface area contributed by atoms with Gasteiger partial charge < -0.3 is 25.0 Å². The second-order valence-corrected chi connectivity index (χ2v) is 15.8. The average molecular weight is 768 g/mol. The Balaban J connectivity index is 1.25. The lowest BCUT2D eigenvalue weighted by molar-refractivity contribution is -0.268. The van der Waals surface area contributed by atoms with Crippen molar-refractivity contribution < 1.29 is 37.7 Å². The van der Waals surface area contributed by atoms with Gasteiger partial charge in [-0.15, -0.1) is 11.8 Å². The fourth-order valence-electron chi connectivity index (χ4n) is 6.14. The minimum Gasteiger partial charge on any atom is -0.478 e. The van der Waals surface area contributed by atoms with Crippen LogP contribution in [0.4, 0.5) is 5.69 Å². The molecule has 1 saturated heterocycles. The summed E-state index contributed by atoms with van der Waals surface area (Å²) in [5.41, 5.74) is 4.43. The zero-order chi connectivity index (χ0) is 38.2. The number of pyridine rings is 1. The van der Waals surface area contributed by atoms with Crippen molar-refractivity contribution in [2.45, 2.75) is 61.3 Å². The molecule has 4 aromatic carbocycles. The second kappa shape index (κ2) is 17.5. The van der Waals surface area contributed by atoms with Gasteiger partial charge in [-0.05, 0) is 66.4 Å². The number of amides is 1. The van der Waals surface area contributed by atoms with Crippen molar-refractivity contribution in [2.75, 3.05) is 11.1 Å². The van der Waals surface area contributed by atoms with E-state index in [-0.39, 0.29) is 29.4 Å². The minimum atomic E-state index is -4.04. The summed E-state index contributed by atoms with van der Waals surface area (Å²) < 4.78 is 42.6. The number of aromatic nitrogens is 1. The predicted octanol–water partition coefficient (Wildman–Crippen LogP) is 6.69. The molecule has 11 nitrogen and oxygen atoms in total. The average Bonchev–Trinajstić information content (AvgIpc) is 3.18. The molecule has 0 saturated carbocycles. The third kappa shape index (κ3) is 9.61. The lowest BCUT2D eigenvalue weighted by atomic mass is 9.91. The molecule has 5 unspecified atom stereocenters. The normalized spacial score (nSPS) is 19.2. The molecular formula is C41H41N3O8S2. The van der Waals surface area contributed by atoms with Crippen molar-refractivity contribution in [2.24, 2.45) is 5.92 Å². The van der Waals surface area contributed by atoms with Gasteiger partial charge in [0.1, 0.15) is 11.1 Å². The summed E-state index contributed by atoms with van der Waals surface area (Å²) in [6.45, 7) is 3.77. The van der Waals surface area contributed by atoms with E-state index in [1.807, 2.05) is 74.5 Å². The number of thioether (sulfide) groups is 1. The van der Waals surface area contributed by atoms with Crippen LogP contribution in [0.5, 0.6) is 0 Å². The third-order valence-corrected chi connectivity index (χ3v) is 11.7. The highest BCUT2D eigenvalue weighted by atomic mass is 32.2. The maximum absolute atomic E-state index is 13.9. The first-order chi connectivity index (χ1) is 26.0. The number of carbonyl (C=O) groups excluding carboxylic acids is 1. The maximum Gasteiger partial charge on any atom is 0.338 e. The quantitative estimate of drug-likeness (QED) is 0.0896. The van der Waals surface area contributed by atoms with Crippen LogP contribution in [0, 0.1) is 12.8 Å². The standard InChI is InChI=1S/C41H41N3O8S2/c1-26-13-19-33(20-14-26)54(49,50)44-35(22-28-8-4-3-5-9-28)38(46)43-32-11-6-10-31(23-32)41-51-36(25-53-39-34(40(47)48)12-7-21-42-39)27(2)37(52-41)30-17-15-29(24-45)16-18-30/h3-21,23,27,35-37,41,44-45H,22,24-25H2,1-2H3,(H,43,46)(H,47,48). The summed E-state index contributed by atoms with van der Waals surface area (Å²) in [6.07, 6.45) is -0.0668. The number of carboxylic acids is 1. The van der Waals surface area contributed by atoms with Crippen molar-refractivity contribution in [1.82, 2.24) is 9.71 Å². The van der Waals surface area contributed by atoms with E-state index in [0.29, 0.717) is 22.0 Å². The molecule has 1 amide bonds. The van der Waals surface area contributed by atoms with E-state index >= 15 is 0 Å². The highest BCUT2D eigenvalue weighted by molar-refractivity contribution is 7.99. The number of ether oxygens (including phenoxy) is 2. The molecule has 2 heterocycles. The molecule has 4 N–H and O–H groups in total. The fourth-order valence-corrected chi connectivity index (χ4v) is 8.49. The number of benzene rings is 4. The molecule has 0 radical (unpaired) electrons. The van der Waals surface area contributed by atoms with Crippen LogP contribution in [-0.4, -0.2) is 53.4 Å². The SMILES string of the molecule is Cc1ccc(S(=O)(=O)NC(Cc2ccccc2)C(=O)Nc2cccc(C3OC(CSc4ncccc4C(=O)O)C(C)C(c4ccc(CO)cc4)O3)c2)cc1. The number of hydrogen-bond donors (Lipinski definition) is 4. The smallest absolute Gasteiger partial charge is 0.338 e. The molecule has 0 spiro atoms. The van der Waals surface area contributed by atoms with Gasteiger partial charge in [-0.1, -0.05) is 91.3 Å². The molecule has 5 atom stereocenters. The molecule has 0 aliphatic carbocycles. The van der Waals surface area contributed by atoms with Gasteiger partial charge >= 0.3 is 5.97 Å². The number of carboxylic acid groups (broad SMARTS) is 1. The second-order valence-electron chi connectivity index (χ2n) is 13.1. The van der Waals surface area contributed by atoms with Crippen LogP contribution < -0.4 is 10.0 Å². The highest BCUT2D eigenvalue weighted by Gasteiger charge is 2.39. The Kier molecular flexibility index (Phi) is 12.6. The molecule has 6 rings (SSSR count). The minimum absolute atomic E-state index is 0.0530. The van der Waals surface area contributed by atoms with Crippen LogP contribution in [0.15, 0.2) is 131 Å². The Morgan fingerprint density at radius 3 is 2.31 bits per heavy atom. The van der Waals surface area contributed by atoms with E-state index in [9.17, 15) is 28.2 Å². The zero-order valence-corrected chi connectivity index (χ0v) is 31.3. The number of aryl methyl sites for hydroxylation is 1. The van der Waals surface area contributed by atoms with Crippen LogP contribution >= 0.6 is 11.8 Å². The number of sulfonamides is 1. The van der Waals surface area contributed by atoms with Crippen LogP contribution in [0.25, 0.3) is 0 Å². The number of anilines is 1. The summed E-state index contributed by atoms with van der Waals surface area (Å²) in [4.78, 5) is 30.1. The van der Waals surface area contributed by atoms with Gasteiger partial charge in [0, 0.05) is 29.1 Å². The van der Waals surface area contributed by atoms with E-state index in [0.717, 1.165) is 22.3 Å². The monoisotopic (exact) mass is 767 g/mol. The van der Waals surface area contributed by atoms with Crippen molar-refractivity contribution in [3.63, 3.8) is 0 Å². The van der Waals surface area contributed by atoms with Crippen molar-refractivity contribution >= 4 is 39.3 Å². The summed E-state index contributed by atoms with van der Waals surface area (Å²) in [7, 11) is -4.04. The number of aromatic carboxylic acids is 1. The van der Waals surface area contributed by atoms with E-state index in [1.165, 1.54) is 30.0 Å². The van der Waals surface area contributed by atoms with E-state index in [1.54, 1.807) is 42.6 Å². The van der Waals surface area contributed by atoms with E-state index < -0.39 is 46.4 Å². The van der Waals surface area contributed by atoms with Gasteiger partial charge in [0.05, 0.1) is 29.3 Å². The number of nitrogens with zero attached hydrogens (tertiary/aromatic N) is 1. The third-order valence-electron chi connectivity index (χ3n) is 9.16. The van der Waals surface area contributed by atoms with Crippen molar-refractivity contribution in [3.05, 3.63) is 155 Å². The first-order valence-electron chi connectivity index (χ1n) is 17.4. The lowest BCUT2D eigenvalue weighted by Gasteiger charge is -2.41. The summed E-state index contributed by atoms with van der Waals surface area (Å²) >= 11 is 1.29. The zero-order valence-electron chi connectivity index (χ0n) is 29.7. The Hall–Kier alpha value is -4.89. The number of carbonyl (C=O) groups is 2. The first kappa shape index (κ1) is 38.8. The molecule has 54 heavy (non-hydrogen) atoms. The molecule has 1 fully saturated rings. The molecule has 280 valence electrons. The number of hydrogen-bond acceptors (Lipinski definition) is 9. The van der Waals surface area contributed by atoms with Gasteiger partial charge in [0.2, 0.25) is 15.9 Å². The predicted molar refractivity (Wildman–Crippen MR) is 205 cm³/mol. The van der Waals surface area contributed by atoms with Crippen LogP contribution in [0.3, 0.4) is 0 Å². The first-order valence-corrected chi connectivity index (χ1v) is 19.8. The molecule has 0 bridgehead atoms. The highest BCUT2D eigenvalue weighted by Crippen LogP contribution is 2.43. The molecule has 1 aliphatic heterocycles. The summed E-state index contributed by atoms with van der Waals surface area (Å²) in [6, 6.07) is 32.0. The van der Waals surface area contributed by atoms with Gasteiger partial charge in [-0.3, -0.25) is 4.79 Å². The van der Waals surface area contributed by atoms with Crippen LogP contribution in [-0.2, 0) is 37.3 Å². The van der Waals surface area contributed by atoms with E-state index in [4.69, 9.17) is 9.47 Å². The molecule has 13 heteroatoms. The summed E-state index contributed by atoms with van der Waals surface area (Å²) in [5.74, 6) is -1.41. The molecule has 5 aromatic rings. The van der Waals surface area contributed by atoms with Crippen LogP contribution in [0.1, 0.15) is 57.5 Å². The van der Waals surface area contributed by atoms with Gasteiger partial charge in [0.15, 0.2) is 6.29 Å². The fraction of sp³-hybridized carbons (Fsp3) is 0.244. The number of aliphatic hydroxyl groups excluding tert-OH is 1. The Morgan fingerprint density at radius 2 is 1.61 bits per heavy atom. The van der Waals surface area contributed by atoms with Crippen molar-refractivity contribution in [3.8, 4) is 0 Å². The maximum atomic E-state index is 13.9. The van der Waals surface area contributed by atoms with Gasteiger partial charge in [0.25, 0.3) is 0 Å². The topological polar surface area (TPSA) is 164 Å². The molecule has 1 aromatic heterocycles. The molecular weight excluding hydrogens is 727 g/mol. The van der Waals surface area contributed by atoms with E-state index in [2.05, 4.69) is 15.0 Å².